The molecule has 1 unspecified atom stereocenters. The normalized spacial score (nSPS) is 19.5. The summed E-state index contributed by atoms with van der Waals surface area (Å²) in [5.41, 5.74) is 2.30. The van der Waals surface area contributed by atoms with E-state index in [0.29, 0.717) is 18.2 Å². The number of aromatic carboxylic acids is 1. The predicted molar refractivity (Wildman–Crippen MR) is 90.4 cm³/mol. The lowest BCUT2D eigenvalue weighted by atomic mass is 9.80. The average Bonchev–Trinajstić information content (AvgIpc) is 2.92. The van der Waals surface area contributed by atoms with Crippen molar-refractivity contribution in [1.82, 2.24) is 0 Å². The van der Waals surface area contributed by atoms with Crippen LogP contribution in [0.15, 0.2) is 34.7 Å². The van der Waals surface area contributed by atoms with Crippen LogP contribution in [0, 0.1) is 0 Å². The molecule has 0 radical (unpaired) electrons. The first-order valence-corrected chi connectivity index (χ1v) is 8.05. The van der Waals surface area contributed by atoms with Crippen LogP contribution in [0.2, 0.25) is 5.02 Å². The van der Waals surface area contributed by atoms with Crippen molar-refractivity contribution in [2.24, 2.45) is 0 Å². The van der Waals surface area contributed by atoms with Crippen LogP contribution in [0.5, 0.6) is 0 Å². The molecule has 0 saturated carbocycles. The molecule has 1 N–H and O–H groups in total. The molecule has 0 spiro atoms. The Morgan fingerprint density at radius 1 is 1.39 bits per heavy atom. The maximum Gasteiger partial charge on any atom is 0.371 e. The number of hydrogen-bond acceptors (Lipinski definition) is 3. The average molecular weight is 334 g/mol. The molecule has 3 rings (SSSR count). The largest absolute Gasteiger partial charge is 0.475 e. The summed E-state index contributed by atoms with van der Waals surface area (Å²) in [5.74, 6) is -0.0125. The Hall–Kier alpha value is -1.94. The Morgan fingerprint density at radius 3 is 2.78 bits per heavy atom. The highest BCUT2D eigenvalue weighted by Crippen LogP contribution is 2.44. The summed E-state index contributed by atoms with van der Waals surface area (Å²) in [7, 11) is 0. The van der Waals surface area contributed by atoms with Gasteiger partial charge in [0, 0.05) is 16.2 Å². The number of halogens is 1. The molecule has 23 heavy (non-hydrogen) atoms. The Morgan fingerprint density at radius 2 is 2.13 bits per heavy atom. The third kappa shape index (κ3) is 2.95. The van der Waals surface area contributed by atoms with Crippen LogP contribution < -0.4 is 4.90 Å². The fourth-order valence-corrected chi connectivity index (χ4v) is 3.67. The standard InChI is InChI=1S/C18H20ClNO3/c1-11-9-18(2,3)20(15-6-4-12(19)8-14(11)15)10-13-5-7-16(23-13)17(21)22/h4-8,11H,9-10H2,1-3H3,(H,21,22). The number of hydrogen-bond donors (Lipinski definition) is 1. The molecule has 2 heterocycles. The van der Waals surface area contributed by atoms with E-state index < -0.39 is 5.97 Å². The molecule has 1 aromatic heterocycles. The van der Waals surface area contributed by atoms with Gasteiger partial charge in [-0.3, -0.25) is 0 Å². The quantitative estimate of drug-likeness (QED) is 0.865. The number of furan rings is 1. The second kappa shape index (κ2) is 5.60. The summed E-state index contributed by atoms with van der Waals surface area (Å²) < 4.78 is 5.44. The Labute approximate surface area is 140 Å². The Balaban J connectivity index is 1.99. The molecule has 0 bridgehead atoms. The second-order valence-corrected chi connectivity index (χ2v) is 7.21. The number of benzene rings is 1. The summed E-state index contributed by atoms with van der Waals surface area (Å²) in [6.45, 7) is 7.13. The predicted octanol–water partition coefficient (Wildman–Crippen LogP) is 4.92. The van der Waals surface area contributed by atoms with Crippen molar-refractivity contribution in [2.45, 2.75) is 45.2 Å². The Bertz CT molecular complexity index is 750. The van der Waals surface area contributed by atoms with E-state index in [0.717, 1.165) is 17.1 Å². The minimum absolute atomic E-state index is 0.0282. The van der Waals surface area contributed by atoms with Crippen LogP contribution in [0.3, 0.4) is 0 Å². The zero-order chi connectivity index (χ0) is 16.8. The SMILES string of the molecule is CC1CC(C)(C)N(Cc2ccc(C(=O)O)o2)c2ccc(Cl)cc21. The van der Waals surface area contributed by atoms with Gasteiger partial charge >= 0.3 is 5.97 Å². The van der Waals surface area contributed by atoms with Gasteiger partial charge in [0.2, 0.25) is 5.76 Å². The number of nitrogens with zero attached hydrogens (tertiary/aromatic N) is 1. The van der Waals surface area contributed by atoms with Gasteiger partial charge in [-0.1, -0.05) is 18.5 Å². The minimum Gasteiger partial charge on any atom is -0.475 e. The number of anilines is 1. The molecule has 122 valence electrons. The van der Waals surface area contributed by atoms with Crippen molar-refractivity contribution in [3.63, 3.8) is 0 Å². The molecule has 1 atom stereocenters. The van der Waals surface area contributed by atoms with Crippen LogP contribution in [-0.4, -0.2) is 16.6 Å². The van der Waals surface area contributed by atoms with Gasteiger partial charge in [0.15, 0.2) is 0 Å². The number of carbonyl (C=O) groups is 1. The van der Waals surface area contributed by atoms with Crippen LogP contribution in [-0.2, 0) is 6.54 Å². The molecule has 0 saturated heterocycles. The van der Waals surface area contributed by atoms with E-state index in [2.05, 4.69) is 25.7 Å². The van der Waals surface area contributed by atoms with E-state index in [4.69, 9.17) is 21.1 Å². The lowest BCUT2D eigenvalue weighted by Gasteiger charge is -2.47. The van der Waals surface area contributed by atoms with E-state index in [1.807, 2.05) is 18.2 Å². The Kier molecular flexibility index (Phi) is 3.88. The third-order valence-electron chi connectivity index (χ3n) is 4.53. The second-order valence-electron chi connectivity index (χ2n) is 6.78. The van der Waals surface area contributed by atoms with Crippen molar-refractivity contribution in [1.29, 1.82) is 0 Å². The number of carboxylic acid groups (broad SMARTS) is 1. The molecular weight excluding hydrogens is 314 g/mol. The van der Waals surface area contributed by atoms with Gasteiger partial charge in [-0.05, 0) is 62.1 Å². The van der Waals surface area contributed by atoms with Crippen LogP contribution >= 0.6 is 11.6 Å². The van der Waals surface area contributed by atoms with Crippen molar-refractivity contribution in [3.8, 4) is 0 Å². The molecule has 0 aliphatic carbocycles. The van der Waals surface area contributed by atoms with Crippen molar-refractivity contribution in [3.05, 3.63) is 52.4 Å². The number of fused-ring (bicyclic) bond motifs is 1. The lowest BCUT2D eigenvalue weighted by Crippen LogP contribution is -2.47. The van der Waals surface area contributed by atoms with Gasteiger partial charge in [0.05, 0.1) is 6.54 Å². The third-order valence-corrected chi connectivity index (χ3v) is 4.77. The highest BCUT2D eigenvalue weighted by molar-refractivity contribution is 6.30. The highest BCUT2D eigenvalue weighted by atomic mass is 35.5. The molecule has 0 amide bonds. The molecule has 1 aliphatic rings. The van der Waals surface area contributed by atoms with Gasteiger partial charge in [0.1, 0.15) is 5.76 Å². The maximum absolute atomic E-state index is 11.0. The van der Waals surface area contributed by atoms with Crippen molar-refractivity contribution in [2.75, 3.05) is 4.90 Å². The van der Waals surface area contributed by atoms with Crippen LogP contribution in [0.4, 0.5) is 5.69 Å². The summed E-state index contributed by atoms with van der Waals surface area (Å²) in [6.07, 6.45) is 0.993. The van der Waals surface area contributed by atoms with E-state index in [9.17, 15) is 4.79 Å². The van der Waals surface area contributed by atoms with Gasteiger partial charge in [0.25, 0.3) is 0 Å². The summed E-state index contributed by atoms with van der Waals surface area (Å²) >= 11 is 6.16. The van der Waals surface area contributed by atoms with Crippen molar-refractivity contribution >= 4 is 23.3 Å². The molecule has 1 aliphatic heterocycles. The molecule has 1 aromatic carbocycles. The first kappa shape index (κ1) is 15.9. The smallest absolute Gasteiger partial charge is 0.371 e. The van der Waals surface area contributed by atoms with E-state index in [1.54, 1.807) is 6.07 Å². The van der Waals surface area contributed by atoms with E-state index in [1.165, 1.54) is 11.6 Å². The van der Waals surface area contributed by atoms with Gasteiger partial charge in [-0.15, -0.1) is 0 Å². The van der Waals surface area contributed by atoms with Gasteiger partial charge in [-0.25, -0.2) is 4.79 Å². The number of rotatable bonds is 3. The molecular formula is C18H20ClNO3. The topological polar surface area (TPSA) is 53.7 Å². The van der Waals surface area contributed by atoms with Gasteiger partial charge in [-0.2, -0.15) is 0 Å². The zero-order valence-electron chi connectivity index (χ0n) is 13.5. The van der Waals surface area contributed by atoms with Gasteiger partial charge < -0.3 is 14.4 Å². The summed E-state index contributed by atoms with van der Waals surface area (Å²) in [6, 6.07) is 9.18. The summed E-state index contributed by atoms with van der Waals surface area (Å²) in [5, 5.41) is 9.75. The lowest BCUT2D eigenvalue weighted by molar-refractivity contribution is 0.0660. The fourth-order valence-electron chi connectivity index (χ4n) is 3.49. The minimum atomic E-state index is -1.05. The molecule has 2 aromatic rings. The van der Waals surface area contributed by atoms with Crippen LogP contribution in [0.1, 0.15) is 55.0 Å². The van der Waals surface area contributed by atoms with Crippen molar-refractivity contribution < 1.29 is 14.3 Å². The van der Waals surface area contributed by atoms with Crippen LogP contribution in [0.25, 0.3) is 0 Å². The number of carboxylic acids is 1. The summed E-state index contributed by atoms with van der Waals surface area (Å²) in [4.78, 5) is 13.3. The molecule has 4 nitrogen and oxygen atoms in total. The zero-order valence-corrected chi connectivity index (χ0v) is 14.2. The first-order chi connectivity index (χ1) is 10.8. The van der Waals surface area contributed by atoms with E-state index >= 15 is 0 Å². The van der Waals surface area contributed by atoms with E-state index in [-0.39, 0.29) is 11.3 Å². The fraction of sp³-hybridized carbons (Fsp3) is 0.389. The first-order valence-electron chi connectivity index (χ1n) is 7.67. The maximum atomic E-state index is 11.0. The molecule has 0 fully saturated rings. The monoisotopic (exact) mass is 333 g/mol. The highest BCUT2D eigenvalue weighted by Gasteiger charge is 2.36. The molecule has 5 heteroatoms.